The SMILES string of the molecule is C=c1[nH]n(-c2cccc(Cl)c2)c(=O)c1=Cc1ccc(-c2ccccc2[N+](=O)[O-])o1. The minimum atomic E-state index is -0.467. The van der Waals surface area contributed by atoms with E-state index in [2.05, 4.69) is 11.7 Å². The lowest BCUT2D eigenvalue weighted by Gasteiger charge is -2.00. The van der Waals surface area contributed by atoms with Gasteiger partial charge in [-0.25, -0.2) is 4.68 Å². The van der Waals surface area contributed by atoms with E-state index in [-0.39, 0.29) is 11.2 Å². The minimum Gasteiger partial charge on any atom is -0.456 e. The molecule has 2 aromatic carbocycles. The summed E-state index contributed by atoms with van der Waals surface area (Å²) in [6, 6.07) is 16.4. The van der Waals surface area contributed by atoms with Crippen LogP contribution < -0.4 is 16.1 Å². The third-order valence-electron chi connectivity index (χ3n) is 4.35. The van der Waals surface area contributed by atoms with Gasteiger partial charge in [0.05, 0.1) is 26.7 Å². The van der Waals surface area contributed by atoms with Crippen LogP contribution in [-0.4, -0.2) is 14.7 Å². The average molecular weight is 408 g/mol. The van der Waals surface area contributed by atoms with E-state index in [1.807, 2.05) is 0 Å². The maximum Gasteiger partial charge on any atom is 0.280 e. The summed E-state index contributed by atoms with van der Waals surface area (Å²) in [6.07, 6.45) is 1.54. The molecule has 0 amide bonds. The summed E-state index contributed by atoms with van der Waals surface area (Å²) < 4.78 is 7.08. The molecule has 0 aliphatic rings. The molecular weight excluding hydrogens is 394 g/mol. The Kier molecular flexibility index (Phi) is 4.66. The van der Waals surface area contributed by atoms with E-state index < -0.39 is 4.92 Å². The first-order valence-corrected chi connectivity index (χ1v) is 8.93. The van der Waals surface area contributed by atoms with E-state index in [9.17, 15) is 14.9 Å². The van der Waals surface area contributed by atoms with E-state index >= 15 is 0 Å². The largest absolute Gasteiger partial charge is 0.456 e. The molecule has 144 valence electrons. The molecule has 8 heteroatoms. The number of nitrogens with zero attached hydrogens (tertiary/aromatic N) is 2. The molecule has 7 nitrogen and oxygen atoms in total. The Morgan fingerprint density at radius 2 is 1.93 bits per heavy atom. The highest BCUT2D eigenvalue weighted by Gasteiger charge is 2.17. The van der Waals surface area contributed by atoms with Crippen molar-refractivity contribution in [2.75, 3.05) is 0 Å². The molecule has 0 saturated heterocycles. The summed E-state index contributed by atoms with van der Waals surface area (Å²) in [5.41, 5.74) is 0.557. The van der Waals surface area contributed by atoms with Gasteiger partial charge in [0, 0.05) is 11.1 Å². The highest BCUT2D eigenvalue weighted by Crippen LogP contribution is 2.30. The molecule has 0 atom stereocenters. The van der Waals surface area contributed by atoms with Crippen LogP contribution in [0.4, 0.5) is 5.69 Å². The summed E-state index contributed by atoms with van der Waals surface area (Å²) in [6.45, 7) is 3.88. The molecule has 0 aliphatic carbocycles. The fourth-order valence-corrected chi connectivity index (χ4v) is 3.18. The maximum atomic E-state index is 12.8. The zero-order valence-electron chi connectivity index (χ0n) is 15.0. The van der Waals surface area contributed by atoms with Gasteiger partial charge >= 0.3 is 0 Å². The lowest BCUT2D eigenvalue weighted by atomic mass is 10.1. The van der Waals surface area contributed by atoms with Gasteiger partial charge in [-0.1, -0.05) is 36.4 Å². The van der Waals surface area contributed by atoms with Gasteiger partial charge in [-0.05, 0) is 42.5 Å². The highest BCUT2D eigenvalue weighted by atomic mass is 35.5. The summed E-state index contributed by atoms with van der Waals surface area (Å²) in [5, 5.41) is 15.4. The van der Waals surface area contributed by atoms with E-state index in [0.717, 1.165) is 0 Å². The van der Waals surface area contributed by atoms with Crippen molar-refractivity contribution in [1.82, 2.24) is 9.78 Å². The smallest absolute Gasteiger partial charge is 0.280 e. The lowest BCUT2D eigenvalue weighted by molar-refractivity contribution is -0.384. The number of nitro benzene ring substituents is 1. The Balaban J connectivity index is 1.79. The van der Waals surface area contributed by atoms with Gasteiger partial charge in [-0.15, -0.1) is 0 Å². The van der Waals surface area contributed by atoms with E-state index in [1.165, 1.54) is 10.7 Å². The quantitative estimate of drug-likeness (QED) is 0.415. The molecule has 2 heterocycles. The van der Waals surface area contributed by atoms with Crippen molar-refractivity contribution in [3.8, 4) is 17.0 Å². The summed E-state index contributed by atoms with van der Waals surface area (Å²) in [4.78, 5) is 23.6. The highest BCUT2D eigenvalue weighted by molar-refractivity contribution is 6.30. The number of nitrogens with one attached hydrogen (secondary N) is 1. The number of halogens is 1. The lowest BCUT2D eigenvalue weighted by Crippen LogP contribution is -2.33. The Hall–Kier alpha value is -3.84. The first-order chi connectivity index (χ1) is 13.9. The molecule has 4 aromatic rings. The number of benzene rings is 2. The van der Waals surface area contributed by atoms with Crippen LogP contribution in [0.25, 0.3) is 29.7 Å². The molecule has 0 bridgehead atoms. The number of aromatic nitrogens is 2. The Bertz CT molecular complexity index is 1400. The maximum absolute atomic E-state index is 12.8. The summed E-state index contributed by atoms with van der Waals surface area (Å²) in [5.74, 6) is 0.706. The van der Waals surface area contributed by atoms with E-state index in [4.69, 9.17) is 16.0 Å². The molecule has 0 aliphatic heterocycles. The van der Waals surface area contributed by atoms with Crippen LogP contribution in [0.1, 0.15) is 5.76 Å². The first-order valence-electron chi connectivity index (χ1n) is 8.55. The molecule has 29 heavy (non-hydrogen) atoms. The monoisotopic (exact) mass is 407 g/mol. The number of furan rings is 1. The minimum absolute atomic E-state index is 0.0591. The number of hydrogen-bond donors (Lipinski definition) is 1. The van der Waals surface area contributed by atoms with Crippen molar-refractivity contribution in [2.45, 2.75) is 0 Å². The molecule has 4 rings (SSSR count). The molecule has 0 fully saturated rings. The fraction of sp³-hybridized carbons (Fsp3) is 0. The van der Waals surface area contributed by atoms with Gasteiger partial charge < -0.3 is 4.42 Å². The van der Waals surface area contributed by atoms with Crippen LogP contribution >= 0.6 is 11.6 Å². The summed E-state index contributed by atoms with van der Waals surface area (Å²) in [7, 11) is 0. The molecule has 2 aromatic heterocycles. The van der Waals surface area contributed by atoms with Crippen molar-refractivity contribution >= 4 is 29.9 Å². The Labute approximate surface area is 168 Å². The number of nitro groups is 1. The van der Waals surface area contributed by atoms with Crippen LogP contribution in [0.5, 0.6) is 0 Å². The second-order valence-electron chi connectivity index (χ2n) is 6.25. The number of rotatable bonds is 4. The topological polar surface area (TPSA) is 94.1 Å². The Morgan fingerprint density at radius 3 is 2.69 bits per heavy atom. The molecule has 1 N–H and O–H groups in total. The van der Waals surface area contributed by atoms with Gasteiger partial charge in [0.2, 0.25) is 0 Å². The molecular formula is C21H14ClN3O4. The fourth-order valence-electron chi connectivity index (χ4n) is 3.00. The van der Waals surface area contributed by atoms with Crippen LogP contribution in [0.2, 0.25) is 5.02 Å². The second kappa shape index (κ2) is 7.29. The van der Waals surface area contributed by atoms with Crippen LogP contribution in [-0.2, 0) is 0 Å². The molecule has 0 saturated carbocycles. The van der Waals surface area contributed by atoms with Crippen LogP contribution in [0.15, 0.2) is 69.9 Å². The predicted molar refractivity (Wildman–Crippen MR) is 111 cm³/mol. The van der Waals surface area contributed by atoms with Crippen LogP contribution in [0.3, 0.4) is 0 Å². The van der Waals surface area contributed by atoms with Gasteiger partial charge in [-0.2, -0.15) is 0 Å². The average Bonchev–Trinajstić information content (AvgIpc) is 3.28. The van der Waals surface area contributed by atoms with Gasteiger partial charge in [-0.3, -0.25) is 20.0 Å². The summed E-state index contributed by atoms with van der Waals surface area (Å²) >= 11 is 6.00. The molecule has 0 unspecified atom stereocenters. The van der Waals surface area contributed by atoms with E-state index in [1.54, 1.807) is 60.7 Å². The van der Waals surface area contributed by atoms with E-state index in [0.29, 0.717) is 38.4 Å². The number of aromatic amines is 1. The van der Waals surface area contributed by atoms with Crippen molar-refractivity contribution in [1.29, 1.82) is 0 Å². The first kappa shape index (κ1) is 18.5. The van der Waals surface area contributed by atoms with Gasteiger partial charge in [0.15, 0.2) is 0 Å². The zero-order chi connectivity index (χ0) is 20.5. The zero-order valence-corrected chi connectivity index (χ0v) is 15.7. The van der Waals surface area contributed by atoms with Gasteiger partial charge in [0.25, 0.3) is 11.2 Å². The predicted octanol–water partition coefficient (Wildman–Crippen LogP) is 3.23. The number of H-pyrrole nitrogens is 1. The molecule has 0 spiro atoms. The van der Waals surface area contributed by atoms with Crippen LogP contribution in [0, 0.1) is 10.1 Å². The Morgan fingerprint density at radius 1 is 1.14 bits per heavy atom. The van der Waals surface area contributed by atoms with Crippen molar-refractivity contribution in [3.05, 3.63) is 102 Å². The van der Waals surface area contributed by atoms with Crippen molar-refractivity contribution in [2.24, 2.45) is 0 Å². The second-order valence-corrected chi connectivity index (χ2v) is 6.68. The third-order valence-corrected chi connectivity index (χ3v) is 4.59. The number of hydrogen-bond acceptors (Lipinski definition) is 4. The number of para-hydroxylation sites is 1. The third kappa shape index (κ3) is 3.51. The van der Waals surface area contributed by atoms with Gasteiger partial charge in [0.1, 0.15) is 11.5 Å². The van der Waals surface area contributed by atoms with Crippen molar-refractivity contribution in [3.63, 3.8) is 0 Å². The van der Waals surface area contributed by atoms with Crippen molar-refractivity contribution < 1.29 is 9.34 Å². The molecule has 0 radical (unpaired) electrons. The standard InChI is InChI=1S/C21H14ClN3O4/c1-13-18(21(26)24(23-13)15-6-4-5-14(22)11-15)12-16-9-10-20(29-16)17-7-2-3-8-19(17)25(27)28/h2-12,23H,1H2. The normalized spacial score (nSPS) is 11.7.